The van der Waals surface area contributed by atoms with Crippen molar-refractivity contribution >= 4 is 11.7 Å². The van der Waals surface area contributed by atoms with Crippen molar-refractivity contribution in [3.05, 3.63) is 39.4 Å². The van der Waals surface area contributed by atoms with Crippen LogP contribution in [0, 0.1) is 10.1 Å². The highest BCUT2D eigenvalue weighted by Gasteiger charge is 2.21. The van der Waals surface area contributed by atoms with Crippen LogP contribution in [0.3, 0.4) is 0 Å². The molecule has 0 saturated heterocycles. The second-order valence-corrected chi connectivity index (χ2v) is 5.77. The number of ether oxygens (including phenoxy) is 2. The van der Waals surface area contributed by atoms with Crippen LogP contribution in [0.2, 0.25) is 0 Å². The minimum atomic E-state index is -0.615. The second-order valence-electron chi connectivity index (χ2n) is 5.77. The van der Waals surface area contributed by atoms with Crippen LogP contribution < -0.4 is 5.32 Å². The summed E-state index contributed by atoms with van der Waals surface area (Å²) in [5.74, 6) is -0.500. The van der Waals surface area contributed by atoms with Gasteiger partial charge in [0.1, 0.15) is 5.60 Å². The molecule has 1 rings (SSSR count). The fourth-order valence-electron chi connectivity index (χ4n) is 1.77. The van der Waals surface area contributed by atoms with Gasteiger partial charge in [0.05, 0.1) is 17.1 Å². The van der Waals surface area contributed by atoms with Gasteiger partial charge in [0, 0.05) is 31.8 Å². The molecule has 0 amide bonds. The van der Waals surface area contributed by atoms with E-state index in [2.05, 4.69) is 5.32 Å². The normalized spacial score (nSPS) is 11.3. The highest BCUT2D eigenvalue weighted by atomic mass is 16.6. The number of methoxy groups -OCH3 is 1. The van der Waals surface area contributed by atoms with Crippen LogP contribution in [-0.4, -0.2) is 36.8 Å². The lowest BCUT2D eigenvalue weighted by Crippen LogP contribution is -2.24. The van der Waals surface area contributed by atoms with Gasteiger partial charge < -0.3 is 14.8 Å². The van der Waals surface area contributed by atoms with Crippen LogP contribution in [-0.2, 0) is 16.0 Å². The van der Waals surface area contributed by atoms with Gasteiger partial charge in [0.25, 0.3) is 5.69 Å². The quantitative estimate of drug-likeness (QED) is 0.359. The fourth-order valence-corrected chi connectivity index (χ4v) is 1.77. The van der Waals surface area contributed by atoms with E-state index in [0.29, 0.717) is 24.3 Å². The first-order chi connectivity index (χ1) is 10.2. The Balaban J connectivity index is 2.93. The maximum Gasteiger partial charge on any atom is 0.338 e. The molecular formula is C15H22N2O5. The molecule has 122 valence electrons. The van der Waals surface area contributed by atoms with Gasteiger partial charge in [-0.1, -0.05) is 0 Å². The molecule has 1 aromatic carbocycles. The Bertz CT molecular complexity index is 537. The molecule has 0 radical (unpaired) electrons. The summed E-state index contributed by atoms with van der Waals surface area (Å²) in [5, 5.41) is 14.1. The highest BCUT2D eigenvalue weighted by Crippen LogP contribution is 2.21. The topological polar surface area (TPSA) is 90.7 Å². The monoisotopic (exact) mass is 310 g/mol. The summed E-state index contributed by atoms with van der Waals surface area (Å²) < 4.78 is 10.2. The summed E-state index contributed by atoms with van der Waals surface area (Å²) in [6.07, 6.45) is 0. The molecule has 0 heterocycles. The van der Waals surface area contributed by atoms with Gasteiger partial charge >= 0.3 is 5.97 Å². The molecule has 0 fully saturated rings. The summed E-state index contributed by atoms with van der Waals surface area (Å²) in [6.45, 7) is 6.64. The van der Waals surface area contributed by atoms with Crippen molar-refractivity contribution in [1.29, 1.82) is 0 Å². The zero-order valence-corrected chi connectivity index (χ0v) is 13.3. The van der Waals surface area contributed by atoms with Gasteiger partial charge in [0.2, 0.25) is 0 Å². The van der Waals surface area contributed by atoms with E-state index in [4.69, 9.17) is 9.47 Å². The Morgan fingerprint density at radius 3 is 2.59 bits per heavy atom. The Labute approximate surface area is 129 Å². The van der Waals surface area contributed by atoms with E-state index in [-0.39, 0.29) is 12.2 Å². The van der Waals surface area contributed by atoms with Crippen molar-refractivity contribution in [3.8, 4) is 0 Å². The van der Waals surface area contributed by atoms with E-state index >= 15 is 0 Å². The van der Waals surface area contributed by atoms with Gasteiger partial charge in [-0.25, -0.2) is 4.79 Å². The number of hydrogen-bond acceptors (Lipinski definition) is 6. The van der Waals surface area contributed by atoms with Crippen LogP contribution in [0.5, 0.6) is 0 Å². The number of carbonyl (C=O) groups excluding carboxylic acids is 1. The zero-order chi connectivity index (χ0) is 16.8. The van der Waals surface area contributed by atoms with Crippen LogP contribution in [0.15, 0.2) is 18.2 Å². The second kappa shape index (κ2) is 7.86. The van der Waals surface area contributed by atoms with E-state index in [0.717, 1.165) is 0 Å². The summed E-state index contributed by atoms with van der Waals surface area (Å²) in [6, 6.07) is 4.23. The summed E-state index contributed by atoms with van der Waals surface area (Å²) in [5.41, 5.74) is 0.0844. The Morgan fingerprint density at radius 2 is 2.05 bits per heavy atom. The number of nitrogens with zero attached hydrogens (tertiary/aromatic N) is 1. The van der Waals surface area contributed by atoms with Crippen molar-refractivity contribution in [2.75, 3.05) is 20.3 Å². The maximum atomic E-state index is 12.0. The fraction of sp³-hybridized carbons (Fsp3) is 0.533. The van der Waals surface area contributed by atoms with Crippen molar-refractivity contribution in [2.45, 2.75) is 32.9 Å². The molecule has 0 atom stereocenters. The van der Waals surface area contributed by atoms with Crippen molar-refractivity contribution < 1.29 is 19.2 Å². The van der Waals surface area contributed by atoms with Gasteiger partial charge in [-0.15, -0.1) is 0 Å². The molecule has 1 aromatic rings. The Morgan fingerprint density at radius 1 is 1.36 bits per heavy atom. The SMILES string of the molecule is COCCNCc1cc(C(=O)OC(C)(C)C)ccc1[N+](=O)[O-]. The molecule has 0 aromatic heterocycles. The van der Waals surface area contributed by atoms with E-state index in [1.807, 2.05) is 0 Å². The molecule has 0 saturated carbocycles. The predicted molar refractivity (Wildman–Crippen MR) is 81.8 cm³/mol. The standard InChI is InChI=1S/C15H22N2O5/c1-15(2,3)22-14(18)11-5-6-13(17(19)20)12(9-11)10-16-7-8-21-4/h5-6,9,16H,7-8,10H2,1-4H3. The first-order valence-electron chi connectivity index (χ1n) is 6.95. The van der Waals surface area contributed by atoms with Crippen LogP contribution in [0.1, 0.15) is 36.7 Å². The third-order valence-corrected chi connectivity index (χ3v) is 2.71. The zero-order valence-electron chi connectivity index (χ0n) is 13.3. The van der Waals surface area contributed by atoms with Crippen LogP contribution >= 0.6 is 0 Å². The van der Waals surface area contributed by atoms with Crippen molar-refractivity contribution in [3.63, 3.8) is 0 Å². The Kier molecular flexibility index (Phi) is 6.45. The van der Waals surface area contributed by atoms with Crippen molar-refractivity contribution in [1.82, 2.24) is 5.32 Å². The third kappa shape index (κ3) is 5.79. The highest BCUT2D eigenvalue weighted by molar-refractivity contribution is 5.90. The van der Waals surface area contributed by atoms with Crippen LogP contribution in [0.25, 0.3) is 0 Å². The van der Waals surface area contributed by atoms with Gasteiger partial charge in [0.15, 0.2) is 0 Å². The third-order valence-electron chi connectivity index (χ3n) is 2.71. The number of nitro benzene ring substituents is 1. The summed E-state index contributed by atoms with van der Waals surface area (Å²) in [7, 11) is 1.58. The van der Waals surface area contributed by atoms with Gasteiger partial charge in [-0.2, -0.15) is 0 Å². The minimum Gasteiger partial charge on any atom is -0.456 e. The molecule has 0 bridgehead atoms. The number of benzene rings is 1. The molecule has 0 spiro atoms. The van der Waals surface area contributed by atoms with Crippen LogP contribution in [0.4, 0.5) is 5.69 Å². The number of hydrogen-bond donors (Lipinski definition) is 1. The summed E-state index contributed by atoms with van der Waals surface area (Å²) >= 11 is 0. The van der Waals surface area contributed by atoms with Gasteiger partial charge in [-0.3, -0.25) is 10.1 Å². The molecule has 7 heteroatoms. The van der Waals surface area contributed by atoms with Gasteiger partial charge in [-0.05, 0) is 32.9 Å². The number of nitro groups is 1. The van der Waals surface area contributed by atoms with E-state index in [1.54, 1.807) is 27.9 Å². The molecule has 1 N–H and O–H groups in total. The summed E-state index contributed by atoms with van der Waals surface area (Å²) in [4.78, 5) is 22.6. The first kappa shape index (κ1) is 18.1. The molecule has 22 heavy (non-hydrogen) atoms. The molecule has 0 aliphatic rings. The van der Waals surface area contributed by atoms with E-state index < -0.39 is 16.5 Å². The molecule has 7 nitrogen and oxygen atoms in total. The maximum absolute atomic E-state index is 12.0. The average Bonchev–Trinajstić information content (AvgIpc) is 2.41. The molecule has 0 aliphatic carbocycles. The van der Waals surface area contributed by atoms with Crippen molar-refractivity contribution in [2.24, 2.45) is 0 Å². The molecule has 0 unspecified atom stereocenters. The molecular weight excluding hydrogens is 288 g/mol. The lowest BCUT2D eigenvalue weighted by atomic mass is 10.1. The predicted octanol–water partition coefficient (Wildman–Crippen LogP) is 2.29. The number of nitrogens with one attached hydrogen (secondary N) is 1. The Hall–Kier alpha value is -1.99. The number of rotatable bonds is 7. The lowest BCUT2D eigenvalue weighted by Gasteiger charge is -2.19. The number of carbonyl (C=O) groups is 1. The largest absolute Gasteiger partial charge is 0.456 e. The smallest absolute Gasteiger partial charge is 0.338 e. The van der Waals surface area contributed by atoms with E-state index in [1.165, 1.54) is 18.2 Å². The average molecular weight is 310 g/mol. The van der Waals surface area contributed by atoms with E-state index in [9.17, 15) is 14.9 Å². The first-order valence-corrected chi connectivity index (χ1v) is 6.95. The minimum absolute atomic E-state index is 0.0303. The lowest BCUT2D eigenvalue weighted by molar-refractivity contribution is -0.385. The molecule has 0 aliphatic heterocycles. The number of esters is 1.